The van der Waals surface area contributed by atoms with Gasteiger partial charge in [0.2, 0.25) is 5.82 Å². The van der Waals surface area contributed by atoms with E-state index in [0.29, 0.717) is 22.4 Å². The van der Waals surface area contributed by atoms with Crippen LogP contribution in [0.2, 0.25) is 10.0 Å². The first-order valence-corrected chi connectivity index (χ1v) is 7.11. The first-order valence-electron chi connectivity index (χ1n) is 5.48. The SMILES string of the molecule is Clc1ccc(Cn2nnc(-c3cccs3)n2)c(Cl)c1. The molecule has 3 rings (SSSR count). The number of rotatable bonds is 3. The summed E-state index contributed by atoms with van der Waals surface area (Å²) in [7, 11) is 0. The van der Waals surface area contributed by atoms with Crippen LogP contribution in [0.25, 0.3) is 10.7 Å². The van der Waals surface area contributed by atoms with E-state index in [0.717, 1.165) is 10.4 Å². The van der Waals surface area contributed by atoms with Crippen LogP contribution in [-0.4, -0.2) is 20.2 Å². The van der Waals surface area contributed by atoms with E-state index in [1.54, 1.807) is 23.5 Å². The molecule has 0 amide bonds. The molecule has 0 saturated heterocycles. The number of benzene rings is 1. The number of nitrogens with zero attached hydrogens (tertiary/aromatic N) is 4. The Hall–Kier alpha value is -1.43. The summed E-state index contributed by atoms with van der Waals surface area (Å²) >= 11 is 13.6. The molecule has 0 saturated carbocycles. The van der Waals surface area contributed by atoms with E-state index in [9.17, 15) is 0 Å². The van der Waals surface area contributed by atoms with Gasteiger partial charge in [-0.05, 0) is 34.4 Å². The number of hydrogen-bond acceptors (Lipinski definition) is 4. The molecule has 3 aromatic rings. The van der Waals surface area contributed by atoms with E-state index in [1.807, 2.05) is 23.6 Å². The lowest BCUT2D eigenvalue weighted by Gasteiger charge is -2.02. The fraction of sp³-hybridized carbons (Fsp3) is 0.0833. The van der Waals surface area contributed by atoms with Crippen LogP contribution < -0.4 is 0 Å². The van der Waals surface area contributed by atoms with Crippen molar-refractivity contribution in [3.63, 3.8) is 0 Å². The van der Waals surface area contributed by atoms with Gasteiger partial charge in [0.1, 0.15) is 0 Å². The largest absolute Gasteiger partial charge is 0.214 e. The predicted octanol–water partition coefficient (Wildman–Crippen LogP) is 3.76. The van der Waals surface area contributed by atoms with Crippen LogP contribution in [0.3, 0.4) is 0 Å². The van der Waals surface area contributed by atoms with E-state index in [2.05, 4.69) is 15.4 Å². The molecule has 0 atom stereocenters. The van der Waals surface area contributed by atoms with Gasteiger partial charge in [0.25, 0.3) is 0 Å². The average Bonchev–Trinajstić information content (AvgIpc) is 3.03. The van der Waals surface area contributed by atoms with Gasteiger partial charge >= 0.3 is 0 Å². The zero-order valence-corrected chi connectivity index (χ0v) is 12.0. The summed E-state index contributed by atoms with van der Waals surface area (Å²) in [5.41, 5.74) is 0.904. The Bertz CT molecular complexity index is 694. The van der Waals surface area contributed by atoms with E-state index < -0.39 is 0 Å². The summed E-state index contributed by atoms with van der Waals surface area (Å²) in [6.45, 7) is 0.467. The molecule has 7 heteroatoms. The third-order valence-electron chi connectivity index (χ3n) is 2.52. The Morgan fingerprint density at radius 1 is 1.21 bits per heavy atom. The Labute approximate surface area is 123 Å². The molecule has 2 aromatic heterocycles. The Balaban J connectivity index is 1.84. The van der Waals surface area contributed by atoms with Crippen molar-refractivity contribution >= 4 is 34.5 Å². The van der Waals surface area contributed by atoms with Gasteiger partial charge in [0, 0.05) is 10.0 Å². The summed E-state index contributed by atoms with van der Waals surface area (Å²) in [4.78, 5) is 2.51. The van der Waals surface area contributed by atoms with Crippen LogP contribution in [0.5, 0.6) is 0 Å². The second-order valence-electron chi connectivity index (χ2n) is 3.86. The van der Waals surface area contributed by atoms with Crippen molar-refractivity contribution in [1.29, 1.82) is 0 Å². The van der Waals surface area contributed by atoms with Crippen molar-refractivity contribution in [2.75, 3.05) is 0 Å². The number of halogens is 2. The molecule has 0 fully saturated rings. The Kier molecular flexibility index (Phi) is 3.50. The number of hydrogen-bond donors (Lipinski definition) is 0. The van der Waals surface area contributed by atoms with Crippen molar-refractivity contribution in [2.45, 2.75) is 6.54 Å². The van der Waals surface area contributed by atoms with Crippen LogP contribution in [0.1, 0.15) is 5.56 Å². The van der Waals surface area contributed by atoms with Gasteiger partial charge in [-0.15, -0.1) is 21.5 Å². The molecule has 96 valence electrons. The third kappa shape index (κ3) is 2.78. The average molecular weight is 311 g/mol. The van der Waals surface area contributed by atoms with Crippen molar-refractivity contribution in [2.24, 2.45) is 0 Å². The van der Waals surface area contributed by atoms with Gasteiger partial charge in [-0.2, -0.15) is 4.80 Å². The molecule has 19 heavy (non-hydrogen) atoms. The van der Waals surface area contributed by atoms with E-state index >= 15 is 0 Å². The second kappa shape index (κ2) is 5.28. The third-order valence-corrected chi connectivity index (χ3v) is 3.97. The molecule has 0 spiro atoms. The van der Waals surface area contributed by atoms with Gasteiger partial charge in [0.05, 0.1) is 11.4 Å². The zero-order chi connectivity index (χ0) is 13.2. The minimum Gasteiger partial charge on any atom is -0.159 e. The van der Waals surface area contributed by atoms with Crippen LogP contribution in [0.15, 0.2) is 35.7 Å². The van der Waals surface area contributed by atoms with Crippen molar-refractivity contribution < 1.29 is 0 Å². The lowest BCUT2D eigenvalue weighted by molar-refractivity contribution is 0.573. The number of thiophene rings is 1. The topological polar surface area (TPSA) is 43.6 Å². The smallest absolute Gasteiger partial charge is 0.159 e. The predicted molar refractivity (Wildman–Crippen MR) is 76.7 cm³/mol. The summed E-state index contributed by atoms with van der Waals surface area (Å²) in [5, 5.41) is 15.6. The Morgan fingerprint density at radius 2 is 2.11 bits per heavy atom. The molecule has 0 aliphatic rings. The zero-order valence-electron chi connectivity index (χ0n) is 9.62. The fourth-order valence-corrected chi connectivity index (χ4v) is 2.73. The second-order valence-corrected chi connectivity index (χ2v) is 5.65. The highest BCUT2D eigenvalue weighted by molar-refractivity contribution is 7.13. The first kappa shape index (κ1) is 12.6. The minimum absolute atomic E-state index is 0.467. The molecule has 1 aromatic carbocycles. The molecule has 2 heterocycles. The van der Waals surface area contributed by atoms with Crippen molar-refractivity contribution in [1.82, 2.24) is 20.2 Å². The van der Waals surface area contributed by atoms with Crippen LogP contribution >= 0.6 is 34.5 Å². The summed E-state index contributed by atoms with van der Waals surface area (Å²) < 4.78 is 0. The molecule has 0 radical (unpaired) electrons. The Morgan fingerprint density at radius 3 is 2.84 bits per heavy atom. The monoisotopic (exact) mass is 310 g/mol. The molecule has 0 aliphatic heterocycles. The molecule has 0 bridgehead atoms. The normalized spacial score (nSPS) is 10.8. The van der Waals surface area contributed by atoms with Crippen LogP contribution in [0, 0.1) is 0 Å². The highest BCUT2D eigenvalue weighted by atomic mass is 35.5. The molecular weight excluding hydrogens is 303 g/mol. The quantitative estimate of drug-likeness (QED) is 0.740. The van der Waals surface area contributed by atoms with E-state index in [4.69, 9.17) is 23.2 Å². The van der Waals surface area contributed by atoms with Crippen molar-refractivity contribution in [3.8, 4) is 10.7 Å². The highest BCUT2D eigenvalue weighted by Gasteiger charge is 2.08. The summed E-state index contributed by atoms with van der Waals surface area (Å²) in [6, 6.07) is 9.27. The van der Waals surface area contributed by atoms with Crippen LogP contribution in [0.4, 0.5) is 0 Å². The summed E-state index contributed by atoms with van der Waals surface area (Å²) in [6.07, 6.45) is 0. The fourth-order valence-electron chi connectivity index (χ4n) is 1.62. The van der Waals surface area contributed by atoms with Gasteiger partial charge in [-0.25, -0.2) is 0 Å². The molecule has 0 unspecified atom stereocenters. The van der Waals surface area contributed by atoms with E-state index in [1.165, 1.54) is 4.80 Å². The lowest BCUT2D eigenvalue weighted by Crippen LogP contribution is -2.04. The minimum atomic E-state index is 0.467. The van der Waals surface area contributed by atoms with E-state index in [-0.39, 0.29) is 0 Å². The first-order chi connectivity index (χ1) is 9.22. The standard InChI is InChI=1S/C12H8Cl2N4S/c13-9-4-3-8(10(14)6-9)7-18-16-12(15-17-18)11-2-1-5-19-11/h1-6H,7H2. The van der Waals surface area contributed by atoms with Crippen molar-refractivity contribution in [3.05, 3.63) is 51.3 Å². The summed E-state index contributed by atoms with van der Waals surface area (Å²) in [5.74, 6) is 0.625. The molecule has 0 aliphatic carbocycles. The lowest BCUT2D eigenvalue weighted by atomic mass is 10.2. The molecule has 0 N–H and O–H groups in total. The maximum absolute atomic E-state index is 6.11. The van der Waals surface area contributed by atoms with Gasteiger partial charge in [-0.3, -0.25) is 0 Å². The maximum Gasteiger partial charge on any atom is 0.214 e. The highest BCUT2D eigenvalue weighted by Crippen LogP contribution is 2.22. The van der Waals surface area contributed by atoms with Gasteiger partial charge in [0.15, 0.2) is 0 Å². The van der Waals surface area contributed by atoms with Gasteiger partial charge in [-0.1, -0.05) is 35.3 Å². The van der Waals surface area contributed by atoms with Gasteiger partial charge < -0.3 is 0 Å². The number of tetrazole rings is 1. The number of aromatic nitrogens is 4. The van der Waals surface area contributed by atoms with Crippen LogP contribution in [-0.2, 0) is 6.54 Å². The molecular formula is C12H8Cl2N4S. The maximum atomic E-state index is 6.11. The molecule has 4 nitrogen and oxygen atoms in total.